The van der Waals surface area contributed by atoms with Crippen LogP contribution in [0, 0.1) is 6.92 Å². The molecule has 0 aliphatic carbocycles. The van der Waals surface area contributed by atoms with Crippen LogP contribution in [0.3, 0.4) is 0 Å². The standard InChI is InChI=1S/C19H29N3O2S.ClH/c1-14-6-4-7-15(12-14)18(23)21-17(9-11-25-3)19(24)22-10-5-8-16(13-22)20-2;/h4,6-7,12,16-17,20H,5,8-11,13H2,1-3H3,(H,21,23);1H. The zero-order chi connectivity index (χ0) is 18.2. The summed E-state index contributed by atoms with van der Waals surface area (Å²) in [6, 6.07) is 7.34. The maximum absolute atomic E-state index is 13.0. The van der Waals surface area contributed by atoms with Crippen LogP contribution in [-0.4, -0.2) is 60.9 Å². The van der Waals surface area contributed by atoms with E-state index in [2.05, 4.69) is 10.6 Å². The molecule has 5 nitrogen and oxygen atoms in total. The first kappa shape index (κ1) is 22.8. The third-order valence-electron chi connectivity index (χ3n) is 4.64. The molecule has 0 bridgehead atoms. The van der Waals surface area contributed by atoms with Crippen LogP contribution in [-0.2, 0) is 4.79 Å². The molecule has 2 rings (SSSR count). The molecule has 0 saturated carbocycles. The molecule has 0 radical (unpaired) electrons. The summed E-state index contributed by atoms with van der Waals surface area (Å²) in [6.45, 7) is 3.44. The molecule has 2 atom stereocenters. The van der Waals surface area contributed by atoms with Gasteiger partial charge in [0.15, 0.2) is 0 Å². The number of carbonyl (C=O) groups excluding carboxylic acids is 2. The van der Waals surface area contributed by atoms with E-state index in [4.69, 9.17) is 0 Å². The Labute approximate surface area is 167 Å². The van der Waals surface area contributed by atoms with Gasteiger partial charge in [0, 0.05) is 24.7 Å². The van der Waals surface area contributed by atoms with Gasteiger partial charge in [-0.25, -0.2) is 0 Å². The van der Waals surface area contributed by atoms with Gasteiger partial charge >= 0.3 is 0 Å². The van der Waals surface area contributed by atoms with Crippen molar-refractivity contribution in [3.63, 3.8) is 0 Å². The van der Waals surface area contributed by atoms with Crippen molar-refractivity contribution in [1.82, 2.24) is 15.5 Å². The Bertz CT molecular complexity index is 600. The fourth-order valence-electron chi connectivity index (χ4n) is 3.15. The van der Waals surface area contributed by atoms with E-state index in [1.165, 1.54) is 0 Å². The summed E-state index contributed by atoms with van der Waals surface area (Å²) in [5.41, 5.74) is 1.64. The highest BCUT2D eigenvalue weighted by atomic mass is 35.5. The Hall–Kier alpha value is -1.24. The highest BCUT2D eigenvalue weighted by Gasteiger charge is 2.29. The van der Waals surface area contributed by atoms with Crippen molar-refractivity contribution in [2.75, 3.05) is 32.1 Å². The first-order valence-electron chi connectivity index (χ1n) is 8.87. The van der Waals surface area contributed by atoms with Gasteiger partial charge < -0.3 is 15.5 Å². The van der Waals surface area contributed by atoms with Crippen LogP contribution in [0.5, 0.6) is 0 Å². The van der Waals surface area contributed by atoms with Gasteiger partial charge in [-0.15, -0.1) is 12.4 Å². The van der Waals surface area contributed by atoms with E-state index in [0.29, 0.717) is 24.6 Å². The van der Waals surface area contributed by atoms with Crippen molar-refractivity contribution in [2.45, 2.75) is 38.3 Å². The van der Waals surface area contributed by atoms with Crippen LogP contribution in [0.15, 0.2) is 24.3 Å². The van der Waals surface area contributed by atoms with Crippen molar-refractivity contribution < 1.29 is 9.59 Å². The van der Waals surface area contributed by atoms with Crippen molar-refractivity contribution >= 4 is 36.0 Å². The number of thioether (sulfide) groups is 1. The lowest BCUT2D eigenvalue weighted by Crippen LogP contribution is -2.54. The number of piperidine rings is 1. The van der Waals surface area contributed by atoms with Gasteiger partial charge in [-0.05, 0) is 57.4 Å². The Morgan fingerprint density at radius 2 is 2.15 bits per heavy atom. The number of hydrogen-bond donors (Lipinski definition) is 2. The molecule has 26 heavy (non-hydrogen) atoms. The molecule has 1 fully saturated rings. The van der Waals surface area contributed by atoms with E-state index in [-0.39, 0.29) is 24.2 Å². The van der Waals surface area contributed by atoms with E-state index in [1.807, 2.05) is 43.3 Å². The first-order chi connectivity index (χ1) is 12.0. The summed E-state index contributed by atoms with van der Waals surface area (Å²) in [5.74, 6) is 0.702. The minimum Gasteiger partial charge on any atom is -0.340 e. The maximum Gasteiger partial charge on any atom is 0.251 e. The van der Waals surface area contributed by atoms with E-state index >= 15 is 0 Å². The van der Waals surface area contributed by atoms with Gasteiger partial charge in [-0.3, -0.25) is 9.59 Å². The van der Waals surface area contributed by atoms with Gasteiger partial charge in [0.1, 0.15) is 6.04 Å². The lowest BCUT2D eigenvalue weighted by Gasteiger charge is -2.35. The molecule has 7 heteroatoms. The molecular weight excluding hydrogens is 370 g/mol. The molecule has 1 aliphatic rings. The third kappa shape index (κ3) is 6.49. The van der Waals surface area contributed by atoms with Crippen LogP contribution >= 0.6 is 24.2 Å². The Kier molecular flexibility index (Phi) is 10.1. The van der Waals surface area contributed by atoms with Gasteiger partial charge in [-0.1, -0.05) is 17.7 Å². The first-order valence-corrected chi connectivity index (χ1v) is 10.3. The van der Waals surface area contributed by atoms with E-state index in [0.717, 1.165) is 30.7 Å². The Morgan fingerprint density at radius 1 is 1.38 bits per heavy atom. The van der Waals surface area contributed by atoms with Crippen molar-refractivity contribution in [3.8, 4) is 0 Å². The molecule has 1 saturated heterocycles. The molecule has 0 spiro atoms. The van der Waals surface area contributed by atoms with Gasteiger partial charge in [0.25, 0.3) is 5.91 Å². The molecular formula is C19H30ClN3O2S. The number of aryl methyl sites for hydroxylation is 1. The second-order valence-corrected chi connectivity index (χ2v) is 7.57. The van der Waals surface area contributed by atoms with E-state index < -0.39 is 6.04 Å². The van der Waals surface area contributed by atoms with Crippen molar-refractivity contribution in [1.29, 1.82) is 0 Å². The lowest BCUT2D eigenvalue weighted by molar-refractivity contribution is -0.134. The van der Waals surface area contributed by atoms with Crippen LogP contribution < -0.4 is 10.6 Å². The van der Waals surface area contributed by atoms with Gasteiger partial charge in [-0.2, -0.15) is 11.8 Å². The zero-order valence-electron chi connectivity index (χ0n) is 15.8. The molecule has 1 heterocycles. The highest BCUT2D eigenvalue weighted by Crippen LogP contribution is 2.14. The number of rotatable bonds is 7. The minimum atomic E-state index is -0.462. The minimum absolute atomic E-state index is 0. The quantitative estimate of drug-likeness (QED) is 0.739. The van der Waals surface area contributed by atoms with Crippen molar-refractivity contribution in [3.05, 3.63) is 35.4 Å². The number of nitrogens with zero attached hydrogens (tertiary/aromatic N) is 1. The highest BCUT2D eigenvalue weighted by molar-refractivity contribution is 7.98. The Balaban J connectivity index is 0.00000338. The summed E-state index contributed by atoms with van der Waals surface area (Å²) in [6.07, 6.45) is 4.75. The number of carbonyl (C=O) groups is 2. The molecule has 0 aromatic heterocycles. The molecule has 2 N–H and O–H groups in total. The maximum atomic E-state index is 13.0. The summed E-state index contributed by atoms with van der Waals surface area (Å²) in [7, 11) is 1.93. The average molecular weight is 400 g/mol. The van der Waals surface area contributed by atoms with Crippen molar-refractivity contribution in [2.24, 2.45) is 0 Å². The summed E-state index contributed by atoms with van der Waals surface area (Å²) in [4.78, 5) is 27.4. The molecule has 1 aliphatic heterocycles. The smallest absolute Gasteiger partial charge is 0.251 e. The van der Waals surface area contributed by atoms with Crippen LogP contribution in [0.2, 0.25) is 0 Å². The van der Waals surface area contributed by atoms with Crippen LogP contribution in [0.1, 0.15) is 35.2 Å². The number of benzene rings is 1. The zero-order valence-corrected chi connectivity index (χ0v) is 17.4. The van der Waals surface area contributed by atoms with Gasteiger partial charge in [0.2, 0.25) is 5.91 Å². The predicted octanol–water partition coefficient (Wildman–Crippen LogP) is 2.48. The lowest BCUT2D eigenvalue weighted by atomic mass is 10.0. The summed E-state index contributed by atoms with van der Waals surface area (Å²) < 4.78 is 0. The van der Waals surface area contributed by atoms with E-state index in [1.54, 1.807) is 17.8 Å². The fraction of sp³-hybridized carbons (Fsp3) is 0.579. The SMILES string of the molecule is CNC1CCCN(C(=O)C(CCSC)NC(=O)c2cccc(C)c2)C1.Cl. The van der Waals surface area contributed by atoms with E-state index in [9.17, 15) is 9.59 Å². The predicted molar refractivity (Wildman–Crippen MR) is 111 cm³/mol. The number of halogens is 1. The fourth-order valence-corrected chi connectivity index (χ4v) is 3.63. The summed E-state index contributed by atoms with van der Waals surface area (Å²) >= 11 is 1.69. The number of likely N-dealkylation sites (N-methyl/N-ethyl adjacent to an activating group) is 1. The number of nitrogens with one attached hydrogen (secondary N) is 2. The topological polar surface area (TPSA) is 61.4 Å². The average Bonchev–Trinajstić information content (AvgIpc) is 2.64. The molecule has 1 aromatic carbocycles. The molecule has 1 aromatic rings. The van der Waals surface area contributed by atoms with Crippen LogP contribution in [0.4, 0.5) is 0 Å². The second-order valence-electron chi connectivity index (χ2n) is 6.59. The molecule has 2 amide bonds. The number of likely N-dealkylation sites (tertiary alicyclic amines) is 1. The number of hydrogen-bond acceptors (Lipinski definition) is 4. The van der Waals surface area contributed by atoms with Crippen LogP contribution in [0.25, 0.3) is 0 Å². The Morgan fingerprint density at radius 3 is 2.81 bits per heavy atom. The monoisotopic (exact) mass is 399 g/mol. The normalized spacial score (nSPS) is 18.0. The summed E-state index contributed by atoms with van der Waals surface area (Å²) in [5, 5.41) is 6.22. The number of amides is 2. The third-order valence-corrected chi connectivity index (χ3v) is 5.28. The largest absolute Gasteiger partial charge is 0.340 e. The van der Waals surface area contributed by atoms with Gasteiger partial charge in [0.05, 0.1) is 0 Å². The molecule has 2 unspecified atom stereocenters. The second kappa shape index (κ2) is 11.5. The molecule has 146 valence electrons.